The number of rotatable bonds is 12. The van der Waals surface area contributed by atoms with Gasteiger partial charge in [-0.05, 0) is 56.2 Å². The zero-order valence-corrected chi connectivity index (χ0v) is 24.1. The van der Waals surface area contributed by atoms with Gasteiger partial charge in [0.2, 0.25) is 11.8 Å². The highest BCUT2D eigenvalue weighted by molar-refractivity contribution is 7.92. The van der Waals surface area contributed by atoms with E-state index in [-0.39, 0.29) is 23.0 Å². The van der Waals surface area contributed by atoms with Crippen LogP contribution in [0.5, 0.6) is 5.75 Å². The predicted molar refractivity (Wildman–Crippen MR) is 153 cm³/mol. The van der Waals surface area contributed by atoms with E-state index in [1.807, 2.05) is 13.8 Å². The molecule has 3 aromatic carbocycles. The van der Waals surface area contributed by atoms with Crippen LogP contribution in [0.25, 0.3) is 0 Å². The summed E-state index contributed by atoms with van der Waals surface area (Å²) in [5, 5.41) is 3.25. The van der Waals surface area contributed by atoms with Gasteiger partial charge in [0.1, 0.15) is 18.3 Å². The smallest absolute Gasteiger partial charge is 0.264 e. The standard InChI is InChI=1S/C29H34ClN3O5S/c1-5-17-31-29(35)22(3)32(19-23-9-6-7-12-27(23)30)28(34)20-33(24-10-8-11-25(18-24)38-4)39(36,37)26-15-13-21(2)14-16-26/h6-16,18,22H,5,17,19-20H2,1-4H3,(H,31,35)/t22-/m0/s1. The van der Waals surface area contributed by atoms with E-state index in [0.29, 0.717) is 22.9 Å². The fourth-order valence-electron chi connectivity index (χ4n) is 3.92. The molecule has 0 heterocycles. The molecular formula is C29H34ClN3O5S. The van der Waals surface area contributed by atoms with Crippen LogP contribution in [0.1, 0.15) is 31.4 Å². The molecule has 8 nitrogen and oxygen atoms in total. The molecule has 10 heteroatoms. The van der Waals surface area contributed by atoms with Gasteiger partial charge in [-0.3, -0.25) is 13.9 Å². The molecular weight excluding hydrogens is 538 g/mol. The highest BCUT2D eigenvalue weighted by Crippen LogP contribution is 2.28. The Balaban J connectivity index is 2.05. The number of benzene rings is 3. The Hall–Kier alpha value is -3.56. The van der Waals surface area contributed by atoms with E-state index in [9.17, 15) is 18.0 Å². The first-order valence-electron chi connectivity index (χ1n) is 12.6. The maximum Gasteiger partial charge on any atom is 0.264 e. The Labute approximate surface area is 235 Å². The fraction of sp³-hybridized carbons (Fsp3) is 0.310. The molecule has 0 saturated carbocycles. The van der Waals surface area contributed by atoms with Gasteiger partial charge in [0, 0.05) is 24.2 Å². The van der Waals surface area contributed by atoms with Crippen LogP contribution in [0.2, 0.25) is 5.02 Å². The molecule has 0 spiro atoms. The van der Waals surface area contributed by atoms with Crippen molar-refractivity contribution >= 4 is 39.1 Å². The lowest BCUT2D eigenvalue weighted by atomic mass is 10.1. The number of carbonyl (C=O) groups excluding carboxylic acids is 2. The lowest BCUT2D eigenvalue weighted by molar-refractivity contribution is -0.139. The third kappa shape index (κ3) is 7.52. The van der Waals surface area contributed by atoms with Crippen LogP contribution in [-0.2, 0) is 26.2 Å². The molecule has 0 aliphatic carbocycles. The van der Waals surface area contributed by atoms with Crippen LogP contribution in [0, 0.1) is 6.92 Å². The SMILES string of the molecule is CCCNC(=O)[C@H](C)N(Cc1ccccc1Cl)C(=O)CN(c1cccc(OC)c1)S(=O)(=O)c1ccc(C)cc1. The van der Waals surface area contributed by atoms with Gasteiger partial charge >= 0.3 is 0 Å². The summed E-state index contributed by atoms with van der Waals surface area (Å²) in [6, 6.07) is 19.0. The molecule has 39 heavy (non-hydrogen) atoms. The Bertz CT molecular complexity index is 1400. The average molecular weight is 572 g/mol. The Morgan fingerprint density at radius 1 is 1.03 bits per heavy atom. The summed E-state index contributed by atoms with van der Waals surface area (Å²) in [5.74, 6) is -0.469. The quantitative estimate of drug-likeness (QED) is 0.337. The number of hydrogen-bond acceptors (Lipinski definition) is 5. The number of aryl methyl sites for hydroxylation is 1. The largest absolute Gasteiger partial charge is 0.497 e. The normalized spacial score (nSPS) is 11.9. The van der Waals surface area contributed by atoms with Gasteiger partial charge in [0.25, 0.3) is 10.0 Å². The maximum absolute atomic E-state index is 13.9. The van der Waals surface area contributed by atoms with Gasteiger partial charge in [0.05, 0.1) is 17.7 Å². The molecule has 1 atom stereocenters. The van der Waals surface area contributed by atoms with Crippen molar-refractivity contribution in [3.63, 3.8) is 0 Å². The molecule has 3 rings (SSSR count). The van der Waals surface area contributed by atoms with Gasteiger partial charge in [-0.15, -0.1) is 0 Å². The number of anilines is 1. The van der Waals surface area contributed by atoms with Crippen LogP contribution >= 0.6 is 11.6 Å². The first-order valence-corrected chi connectivity index (χ1v) is 14.4. The number of nitrogens with zero attached hydrogens (tertiary/aromatic N) is 2. The summed E-state index contributed by atoms with van der Waals surface area (Å²) in [6.45, 7) is 5.34. The Morgan fingerprint density at radius 2 is 1.72 bits per heavy atom. The maximum atomic E-state index is 13.9. The monoisotopic (exact) mass is 571 g/mol. The molecule has 1 N–H and O–H groups in total. The van der Waals surface area contributed by atoms with Gasteiger partial charge in [-0.25, -0.2) is 8.42 Å². The number of halogens is 1. The minimum atomic E-state index is -4.16. The van der Waals surface area contributed by atoms with Crippen molar-refractivity contribution in [2.24, 2.45) is 0 Å². The van der Waals surface area contributed by atoms with Crippen molar-refractivity contribution < 1.29 is 22.7 Å². The van der Waals surface area contributed by atoms with Crippen molar-refractivity contribution in [1.82, 2.24) is 10.2 Å². The van der Waals surface area contributed by atoms with Crippen LogP contribution in [0.15, 0.2) is 77.7 Å². The summed E-state index contributed by atoms with van der Waals surface area (Å²) in [5.41, 5.74) is 1.79. The molecule has 0 radical (unpaired) electrons. The predicted octanol–water partition coefficient (Wildman–Crippen LogP) is 4.80. The first kappa shape index (κ1) is 30.0. The van der Waals surface area contributed by atoms with Gasteiger partial charge in [-0.2, -0.15) is 0 Å². The molecule has 0 fully saturated rings. The lowest BCUT2D eigenvalue weighted by Gasteiger charge is -2.32. The van der Waals surface area contributed by atoms with Crippen molar-refractivity contribution in [2.75, 3.05) is 24.5 Å². The van der Waals surface area contributed by atoms with Crippen LogP contribution in [-0.4, -0.2) is 51.4 Å². The fourth-order valence-corrected chi connectivity index (χ4v) is 5.52. The molecule has 0 aliphatic rings. The molecule has 0 unspecified atom stereocenters. The van der Waals surface area contributed by atoms with Crippen LogP contribution in [0.3, 0.4) is 0 Å². The molecule has 0 aliphatic heterocycles. The minimum absolute atomic E-state index is 0.0236. The number of sulfonamides is 1. The van der Waals surface area contributed by atoms with E-state index in [1.54, 1.807) is 67.6 Å². The Kier molecular flexibility index (Phi) is 10.4. The van der Waals surface area contributed by atoms with Gasteiger partial charge < -0.3 is 15.0 Å². The molecule has 3 aromatic rings. The number of amides is 2. The van der Waals surface area contributed by atoms with Crippen LogP contribution in [0.4, 0.5) is 5.69 Å². The number of methoxy groups -OCH3 is 1. The second kappa shape index (κ2) is 13.5. The number of ether oxygens (including phenoxy) is 1. The van der Waals surface area contributed by atoms with E-state index in [1.165, 1.54) is 24.1 Å². The van der Waals surface area contributed by atoms with Gasteiger partial charge in [0.15, 0.2) is 0 Å². The second-order valence-corrected chi connectivity index (χ2v) is 11.4. The van der Waals surface area contributed by atoms with E-state index in [4.69, 9.17) is 16.3 Å². The topological polar surface area (TPSA) is 96.0 Å². The highest BCUT2D eigenvalue weighted by Gasteiger charge is 2.32. The zero-order chi connectivity index (χ0) is 28.6. The Morgan fingerprint density at radius 3 is 2.36 bits per heavy atom. The zero-order valence-electron chi connectivity index (χ0n) is 22.6. The third-order valence-electron chi connectivity index (χ3n) is 6.24. The van der Waals surface area contributed by atoms with Crippen LogP contribution < -0.4 is 14.4 Å². The highest BCUT2D eigenvalue weighted by atomic mass is 35.5. The summed E-state index contributed by atoms with van der Waals surface area (Å²) in [7, 11) is -2.68. The van der Waals surface area contributed by atoms with Gasteiger partial charge in [-0.1, -0.05) is 60.5 Å². The third-order valence-corrected chi connectivity index (χ3v) is 8.40. The summed E-state index contributed by atoms with van der Waals surface area (Å²) in [4.78, 5) is 28.2. The summed E-state index contributed by atoms with van der Waals surface area (Å²) >= 11 is 6.38. The molecule has 0 bridgehead atoms. The molecule has 0 saturated heterocycles. The molecule has 0 aromatic heterocycles. The number of nitrogens with one attached hydrogen (secondary N) is 1. The number of carbonyl (C=O) groups is 2. The van der Waals surface area contributed by atoms with Crippen molar-refractivity contribution in [2.45, 2.75) is 44.7 Å². The van der Waals surface area contributed by atoms with E-state index in [2.05, 4.69) is 5.32 Å². The first-order chi connectivity index (χ1) is 18.6. The second-order valence-electron chi connectivity index (χ2n) is 9.11. The molecule has 2 amide bonds. The lowest BCUT2D eigenvalue weighted by Crippen LogP contribution is -2.51. The van der Waals surface area contributed by atoms with Crippen molar-refractivity contribution in [3.05, 3.63) is 88.9 Å². The average Bonchev–Trinajstić information content (AvgIpc) is 2.93. The van der Waals surface area contributed by atoms with E-state index < -0.39 is 28.5 Å². The number of hydrogen-bond donors (Lipinski definition) is 1. The molecule has 208 valence electrons. The minimum Gasteiger partial charge on any atom is -0.497 e. The van der Waals surface area contributed by atoms with Crippen molar-refractivity contribution in [1.29, 1.82) is 0 Å². The summed E-state index contributed by atoms with van der Waals surface area (Å²) in [6.07, 6.45) is 0.731. The van der Waals surface area contributed by atoms with Crippen molar-refractivity contribution in [3.8, 4) is 5.75 Å². The summed E-state index contributed by atoms with van der Waals surface area (Å²) < 4.78 is 34.1. The van der Waals surface area contributed by atoms with E-state index >= 15 is 0 Å². The van der Waals surface area contributed by atoms with E-state index in [0.717, 1.165) is 16.3 Å².